The van der Waals surface area contributed by atoms with E-state index in [1.54, 1.807) is 0 Å². The molecule has 0 aromatic heterocycles. The summed E-state index contributed by atoms with van der Waals surface area (Å²) in [6, 6.07) is 15.3. The van der Waals surface area contributed by atoms with Crippen LogP contribution in [0.3, 0.4) is 0 Å². The lowest BCUT2D eigenvalue weighted by Crippen LogP contribution is -2.35. The third-order valence-corrected chi connectivity index (χ3v) is 5.08. The number of nitrogens with zero attached hydrogens (tertiary/aromatic N) is 1. The Morgan fingerprint density at radius 2 is 1.45 bits per heavy atom. The first-order valence-corrected chi connectivity index (χ1v) is 10.9. The number of rotatable bonds is 8. The van der Waals surface area contributed by atoms with Gasteiger partial charge in [-0.25, -0.2) is 0 Å². The van der Waals surface area contributed by atoms with Gasteiger partial charge in [0.25, 0.3) is 11.8 Å². The standard InChI is InChI=1S/C26H32N2O3/c1-16(2)15-28-25(29)23(20-9-13-22(14-10-20)31-18(5)6)24(26(28)30)27-21-11-7-19(8-12-21)17(3)4/h7-14,16-18,27H,15H2,1-6H3. The predicted molar refractivity (Wildman–Crippen MR) is 125 cm³/mol. The van der Waals surface area contributed by atoms with Gasteiger partial charge in [-0.1, -0.05) is 52.0 Å². The molecule has 2 aromatic carbocycles. The second kappa shape index (κ2) is 9.38. The monoisotopic (exact) mass is 420 g/mol. The Hall–Kier alpha value is -3.08. The van der Waals surface area contributed by atoms with Gasteiger partial charge in [0.1, 0.15) is 11.4 Å². The molecule has 0 bridgehead atoms. The van der Waals surface area contributed by atoms with Crippen molar-refractivity contribution >= 4 is 23.1 Å². The number of ether oxygens (including phenoxy) is 1. The van der Waals surface area contributed by atoms with E-state index in [-0.39, 0.29) is 23.8 Å². The van der Waals surface area contributed by atoms with Crippen LogP contribution in [0.15, 0.2) is 54.2 Å². The van der Waals surface area contributed by atoms with Gasteiger partial charge in [-0.2, -0.15) is 0 Å². The van der Waals surface area contributed by atoms with Crippen LogP contribution in [0.2, 0.25) is 0 Å². The lowest BCUT2D eigenvalue weighted by Gasteiger charge is -2.17. The van der Waals surface area contributed by atoms with Crippen LogP contribution < -0.4 is 10.1 Å². The fraction of sp³-hybridized carbons (Fsp3) is 0.385. The van der Waals surface area contributed by atoms with Crippen LogP contribution in [-0.4, -0.2) is 29.4 Å². The zero-order valence-corrected chi connectivity index (χ0v) is 19.2. The molecule has 0 saturated carbocycles. The number of hydrogen-bond acceptors (Lipinski definition) is 4. The molecular formula is C26H32N2O3. The largest absolute Gasteiger partial charge is 0.491 e. The van der Waals surface area contributed by atoms with Gasteiger partial charge in [-0.05, 0) is 61.1 Å². The molecule has 1 aliphatic heterocycles. The van der Waals surface area contributed by atoms with Crippen molar-refractivity contribution in [3.8, 4) is 5.75 Å². The lowest BCUT2D eigenvalue weighted by atomic mass is 10.0. The number of amides is 2. The Bertz CT molecular complexity index is 971. The second-order valence-electron chi connectivity index (χ2n) is 8.96. The van der Waals surface area contributed by atoms with E-state index in [1.165, 1.54) is 10.5 Å². The van der Waals surface area contributed by atoms with Gasteiger partial charge >= 0.3 is 0 Å². The summed E-state index contributed by atoms with van der Waals surface area (Å²) in [5.74, 6) is 0.780. The van der Waals surface area contributed by atoms with Gasteiger partial charge in [-0.15, -0.1) is 0 Å². The van der Waals surface area contributed by atoms with Crippen LogP contribution >= 0.6 is 0 Å². The molecule has 1 N–H and O–H groups in total. The zero-order valence-electron chi connectivity index (χ0n) is 19.2. The molecule has 0 fully saturated rings. The van der Waals surface area contributed by atoms with Gasteiger partial charge in [-0.3, -0.25) is 14.5 Å². The number of benzene rings is 2. The highest BCUT2D eigenvalue weighted by molar-refractivity contribution is 6.36. The molecular weight excluding hydrogens is 388 g/mol. The van der Waals surface area contributed by atoms with Crippen molar-refractivity contribution in [3.05, 3.63) is 65.4 Å². The van der Waals surface area contributed by atoms with E-state index in [1.807, 2.05) is 76.2 Å². The Balaban J connectivity index is 1.98. The molecule has 3 rings (SSSR count). The average Bonchev–Trinajstić information content (AvgIpc) is 2.93. The van der Waals surface area contributed by atoms with Crippen LogP contribution in [0.5, 0.6) is 5.75 Å². The topological polar surface area (TPSA) is 58.6 Å². The van der Waals surface area contributed by atoms with Crippen molar-refractivity contribution < 1.29 is 14.3 Å². The fourth-order valence-electron chi connectivity index (χ4n) is 3.56. The number of imide groups is 1. The third kappa shape index (κ3) is 5.16. The molecule has 31 heavy (non-hydrogen) atoms. The van der Waals surface area contributed by atoms with Crippen LogP contribution in [-0.2, 0) is 9.59 Å². The van der Waals surface area contributed by atoms with Gasteiger partial charge in [0, 0.05) is 12.2 Å². The average molecular weight is 421 g/mol. The van der Waals surface area contributed by atoms with Crippen LogP contribution in [0.4, 0.5) is 5.69 Å². The first kappa shape index (κ1) is 22.6. The molecule has 2 aromatic rings. The lowest BCUT2D eigenvalue weighted by molar-refractivity contribution is -0.137. The van der Waals surface area contributed by atoms with Crippen molar-refractivity contribution in [1.82, 2.24) is 4.90 Å². The van der Waals surface area contributed by atoms with Gasteiger partial charge < -0.3 is 10.1 Å². The quantitative estimate of drug-likeness (QED) is 0.577. The highest BCUT2D eigenvalue weighted by atomic mass is 16.5. The predicted octanol–water partition coefficient (Wildman–Crippen LogP) is 5.45. The summed E-state index contributed by atoms with van der Waals surface area (Å²) in [6.07, 6.45) is 0.0623. The first-order valence-electron chi connectivity index (χ1n) is 10.9. The Kier molecular flexibility index (Phi) is 6.84. The van der Waals surface area contributed by atoms with Crippen LogP contribution in [0.1, 0.15) is 58.6 Å². The number of nitrogens with one attached hydrogen (secondary N) is 1. The Morgan fingerprint density at radius 3 is 1.97 bits per heavy atom. The highest BCUT2D eigenvalue weighted by Gasteiger charge is 2.39. The van der Waals surface area contributed by atoms with Crippen molar-refractivity contribution in [2.75, 3.05) is 11.9 Å². The fourth-order valence-corrected chi connectivity index (χ4v) is 3.56. The van der Waals surface area contributed by atoms with E-state index < -0.39 is 0 Å². The summed E-state index contributed by atoms with van der Waals surface area (Å²) in [7, 11) is 0. The summed E-state index contributed by atoms with van der Waals surface area (Å²) >= 11 is 0. The molecule has 0 spiro atoms. The Labute approximate surface area is 185 Å². The van der Waals surface area contributed by atoms with E-state index in [4.69, 9.17) is 4.74 Å². The summed E-state index contributed by atoms with van der Waals surface area (Å²) in [6.45, 7) is 12.6. The van der Waals surface area contributed by atoms with Gasteiger partial charge in [0.15, 0.2) is 0 Å². The first-order chi connectivity index (χ1) is 14.7. The van der Waals surface area contributed by atoms with Gasteiger partial charge in [0.2, 0.25) is 0 Å². The molecule has 0 aliphatic carbocycles. The highest BCUT2D eigenvalue weighted by Crippen LogP contribution is 2.32. The van der Waals surface area contributed by atoms with Crippen LogP contribution in [0, 0.1) is 5.92 Å². The SMILES string of the molecule is CC(C)CN1C(=O)C(Nc2ccc(C(C)C)cc2)=C(c2ccc(OC(C)C)cc2)C1=O. The number of carbonyl (C=O) groups excluding carboxylic acids is 2. The minimum absolute atomic E-state index is 0.0623. The zero-order chi connectivity index (χ0) is 22.7. The normalized spacial score (nSPS) is 14.4. The summed E-state index contributed by atoms with van der Waals surface area (Å²) < 4.78 is 5.71. The molecule has 0 radical (unpaired) electrons. The maximum Gasteiger partial charge on any atom is 0.278 e. The van der Waals surface area contributed by atoms with Crippen LogP contribution in [0.25, 0.3) is 5.57 Å². The van der Waals surface area contributed by atoms with E-state index >= 15 is 0 Å². The number of hydrogen-bond donors (Lipinski definition) is 1. The molecule has 5 nitrogen and oxygen atoms in total. The maximum atomic E-state index is 13.2. The van der Waals surface area contributed by atoms with Gasteiger partial charge in [0.05, 0.1) is 11.7 Å². The van der Waals surface area contributed by atoms with E-state index in [0.717, 1.165) is 11.4 Å². The molecule has 2 amide bonds. The van der Waals surface area contributed by atoms with Crippen molar-refractivity contribution in [2.45, 2.75) is 53.6 Å². The smallest absolute Gasteiger partial charge is 0.278 e. The number of anilines is 1. The summed E-state index contributed by atoms with van der Waals surface area (Å²) in [5, 5.41) is 3.22. The minimum Gasteiger partial charge on any atom is -0.491 e. The maximum absolute atomic E-state index is 13.2. The second-order valence-corrected chi connectivity index (χ2v) is 8.96. The third-order valence-electron chi connectivity index (χ3n) is 5.08. The van der Waals surface area contributed by atoms with Crippen molar-refractivity contribution in [1.29, 1.82) is 0 Å². The molecule has 5 heteroatoms. The minimum atomic E-state index is -0.288. The summed E-state index contributed by atoms with van der Waals surface area (Å²) in [4.78, 5) is 27.8. The van der Waals surface area contributed by atoms with E-state index in [9.17, 15) is 9.59 Å². The molecule has 0 saturated heterocycles. The molecule has 0 unspecified atom stereocenters. The van der Waals surface area contributed by atoms with Crippen molar-refractivity contribution in [3.63, 3.8) is 0 Å². The molecule has 1 heterocycles. The molecule has 1 aliphatic rings. The van der Waals surface area contributed by atoms with E-state index in [2.05, 4.69) is 19.2 Å². The molecule has 164 valence electrons. The summed E-state index contributed by atoms with van der Waals surface area (Å²) in [5.41, 5.74) is 3.41. The van der Waals surface area contributed by atoms with E-state index in [0.29, 0.717) is 29.3 Å². The molecule has 0 atom stereocenters. The number of carbonyl (C=O) groups is 2. The Morgan fingerprint density at radius 1 is 0.839 bits per heavy atom. The van der Waals surface area contributed by atoms with Crippen molar-refractivity contribution in [2.24, 2.45) is 5.92 Å².